The second-order valence-corrected chi connectivity index (χ2v) is 7.73. The zero-order valence-corrected chi connectivity index (χ0v) is 18.2. The number of hydrogen-bond donors (Lipinski definition) is 2. The van der Waals surface area contributed by atoms with Crippen molar-refractivity contribution in [3.63, 3.8) is 0 Å². The summed E-state index contributed by atoms with van der Waals surface area (Å²) in [5.74, 6) is 0.200. The molecule has 4 aromatic rings. The molecule has 0 saturated heterocycles. The Morgan fingerprint density at radius 3 is 2.12 bits per heavy atom. The number of hydrazone groups is 1. The van der Waals surface area contributed by atoms with E-state index in [1.807, 2.05) is 12.1 Å². The number of hydrogen-bond acceptors (Lipinski definition) is 4. The predicted molar refractivity (Wildman–Crippen MR) is 126 cm³/mol. The molecule has 1 amide bonds. The van der Waals surface area contributed by atoms with Crippen molar-refractivity contribution >= 4 is 35.3 Å². The topological polar surface area (TPSA) is 74.8 Å². The first-order valence-corrected chi connectivity index (χ1v) is 10.5. The molecule has 5 nitrogen and oxygen atoms in total. The van der Waals surface area contributed by atoms with Crippen LogP contribution in [0.25, 0.3) is 11.3 Å². The molecule has 7 heteroatoms. The summed E-state index contributed by atoms with van der Waals surface area (Å²) < 4.78 is 5.74. The van der Waals surface area contributed by atoms with Crippen LogP contribution in [0, 0.1) is 0 Å². The molecule has 0 aliphatic heterocycles. The van der Waals surface area contributed by atoms with E-state index < -0.39 is 11.5 Å². The summed E-state index contributed by atoms with van der Waals surface area (Å²) in [5, 5.41) is 16.2. The largest absolute Gasteiger partial charge is 0.455 e. The fourth-order valence-corrected chi connectivity index (χ4v) is 3.68. The summed E-state index contributed by atoms with van der Waals surface area (Å²) in [6, 6.07) is 26.0. The number of amides is 1. The Kier molecular flexibility index (Phi) is 6.42. The van der Waals surface area contributed by atoms with Crippen LogP contribution in [0.5, 0.6) is 0 Å². The number of nitrogens with zero attached hydrogens (tertiary/aromatic N) is 1. The fourth-order valence-electron chi connectivity index (χ4n) is 3.28. The van der Waals surface area contributed by atoms with Gasteiger partial charge in [-0.05, 0) is 35.4 Å². The van der Waals surface area contributed by atoms with E-state index in [4.69, 9.17) is 27.6 Å². The highest BCUT2D eigenvalue weighted by atomic mass is 35.5. The highest BCUT2D eigenvalue weighted by molar-refractivity contribution is 6.43. The molecule has 0 radical (unpaired) electrons. The Balaban J connectivity index is 1.56. The highest BCUT2D eigenvalue weighted by Crippen LogP contribution is 2.34. The fraction of sp³-hybridized carbons (Fsp3) is 0.0400. The highest BCUT2D eigenvalue weighted by Gasteiger charge is 2.39. The van der Waals surface area contributed by atoms with Crippen LogP contribution in [-0.2, 0) is 10.4 Å². The van der Waals surface area contributed by atoms with Crippen molar-refractivity contribution in [3.05, 3.63) is 118 Å². The monoisotopic (exact) mass is 464 g/mol. The lowest BCUT2D eigenvalue weighted by atomic mass is 9.85. The minimum absolute atomic E-state index is 0.385. The lowest BCUT2D eigenvalue weighted by Crippen LogP contribution is -2.43. The normalized spacial score (nSPS) is 11.6. The maximum atomic E-state index is 13.0. The number of carbonyl (C=O) groups excluding carboxylic acids is 1. The molecule has 32 heavy (non-hydrogen) atoms. The molecular formula is C25H18Cl2N2O3. The van der Waals surface area contributed by atoms with E-state index >= 15 is 0 Å². The minimum atomic E-state index is -1.91. The Morgan fingerprint density at radius 1 is 0.875 bits per heavy atom. The van der Waals surface area contributed by atoms with Crippen LogP contribution in [0.1, 0.15) is 16.9 Å². The van der Waals surface area contributed by atoms with E-state index in [1.54, 1.807) is 78.9 Å². The maximum absolute atomic E-state index is 13.0. The van der Waals surface area contributed by atoms with Crippen LogP contribution in [0.2, 0.25) is 10.0 Å². The van der Waals surface area contributed by atoms with Gasteiger partial charge in [-0.1, -0.05) is 89.9 Å². The maximum Gasteiger partial charge on any atom is 0.281 e. The molecule has 0 aliphatic rings. The molecular weight excluding hydrogens is 447 g/mol. The summed E-state index contributed by atoms with van der Waals surface area (Å²) in [6.07, 6.45) is 1.34. The van der Waals surface area contributed by atoms with Crippen LogP contribution in [0.3, 0.4) is 0 Å². The standard InChI is InChI=1S/C25H18Cl2N2O3/c26-21-13-7-12-20(23(21)27)22-15-14-19(32-22)16-28-29-24(30)25(31,17-8-3-1-4-9-17)18-10-5-2-6-11-18/h1-16,31H,(H,29,30). The molecule has 1 aromatic heterocycles. The van der Waals surface area contributed by atoms with E-state index in [9.17, 15) is 9.90 Å². The molecule has 160 valence electrons. The zero-order valence-electron chi connectivity index (χ0n) is 16.7. The van der Waals surface area contributed by atoms with Crippen molar-refractivity contribution in [3.8, 4) is 11.3 Å². The smallest absolute Gasteiger partial charge is 0.281 e. The van der Waals surface area contributed by atoms with Gasteiger partial charge in [0.2, 0.25) is 0 Å². The number of furan rings is 1. The number of rotatable bonds is 6. The molecule has 1 heterocycles. The van der Waals surface area contributed by atoms with Gasteiger partial charge >= 0.3 is 0 Å². The summed E-state index contributed by atoms with van der Waals surface area (Å²) in [7, 11) is 0. The van der Waals surface area contributed by atoms with Gasteiger partial charge in [-0.25, -0.2) is 5.43 Å². The van der Waals surface area contributed by atoms with E-state index in [1.165, 1.54) is 6.21 Å². The zero-order chi connectivity index (χ0) is 22.6. The van der Waals surface area contributed by atoms with Crippen LogP contribution in [0.4, 0.5) is 0 Å². The molecule has 3 aromatic carbocycles. The molecule has 0 bridgehead atoms. The predicted octanol–water partition coefficient (Wildman–Crippen LogP) is 5.64. The lowest BCUT2D eigenvalue weighted by Gasteiger charge is -2.26. The molecule has 2 N–H and O–H groups in total. The van der Waals surface area contributed by atoms with Crippen molar-refractivity contribution in [2.45, 2.75) is 5.60 Å². The van der Waals surface area contributed by atoms with Gasteiger partial charge in [-0.2, -0.15) is 5.10 Å². The van der Waals surface area contributed by atoms with Crippen molar-refractivity contribution in [2.24, 2.45) is 5.10 Å². The number of carbonyl (C=O) groups is 1. The van der Waals surface area contributed by atoms with Crippen molar-refractivity contribution in [2.75, 3.05) is 0 Å². The van der Waals surface area contributed by atoms with Crippen LogP contribution < -0.4 is 5.43 Å². The molecule has 0 atom stereocenters. The second-order valence-electron chi connectivity index (χ2n) is 6.94. The summed E-state index contributed by atoms with van der Waals surface area (Å²) in [6.45, 7) is 0. The molecule has 0 aliphatic carbocycles. The second kappa shape index (κ2) is 9.40. The third-order valence-corrected chi connectivity index (χ3v) is 5.73. The van der Waals surface area contributed by atoms with Crippen LogP contribution in [-0.4, -0.2) is 17.2 Å². The van der Waals surface area contributed by atoms with E-state index in [0.717, 1.165) is 0 Å². The van der Waals surface area contributed by atoms with E-state index in [0.29, 0.717) is 38.3 Å². The van der Waals surface area contributed by atoms with Gasteiger partial charge < -0.3 is 9.52 Å². The number of halogens is 2. The van der Waals surface area contributed by atoms with Gasteiger partial charge in [0.15, 0.2) is 5.60 Å². The SMILES string of the molecule is O=C(NN=Cc1ccc(-c2cccc(Cl)c2Cl)o1)C(O)(c1ccccc1)c1ccccc1. The minimum Gasteiger partial charge on any atom is -0.455 e. The molecule has 0 unspecified atom stereocenters. The van der Waals surface area contributed by atoms with Crippen LogP contribution >= 0.6 is 23.2 Å². The van der Waals surface area contributed by atoms with Gasteiger partial charge in [0.25, 0.3) is 5.91 Å². The average molecular weight is 465 g/mol. The van der Waals surface area contributed by atoms with E-state index in [-0.39, 0.29) is 0 Å². The molecule has 0 saturated carbocycles. The van der Waals surface area contributed by atoms with Gasteiger partial charge in [-0.3, -0.25) is 4.79 Å². The van der Waals surface area contributed by atoms with Crippen molar-refractivity contribution in [1.82, 2.24) is 5.43 Å². The molecule has 0 fully saturated rings. The van der Waals surface area contributed by atoms with Gasteiger partial charge in [-0.15, -0.1) is 0 Å². The number of nitrogens with one attached hydrogen (secondary N) is 1. The Labute approximate surface area is 194 Å². The van der Waals surface area contributed by atoms with Crippen molar-refractivity contribution in [1.29, 1.82) is 0 Å². The molecule has 0 spiro atoms. The third-order valence-electron chi connectivity index (χ3n) is 4.91. The summed E-state index contributed by atoms with van der Waals surface area (Å²) in [4.78, 5) is 13.0. The Bertz CT molecular complexity index is 1220. The number of benzene rings is 3. The lowest BCUT2D eigenvalue weighted by molar-refractivity contribution is -0.136. The third kappa shape index (κ3) is 4.32. The van der Waals surface area contributed by atoms with Gasteiger partial charge in [0, 0.05) is 5.56 Å². The number of aliphatic hydroxyl groups is 1. The Hall–Kier alpha value is -3.38. The summed E-state index contributed by atoms with van der Waals surface area (Å²) in [5.41, 5.74) is 1.99. The van der Waals surface area contributed by atoms with Crippen LogP contribution in [0.15, 0.2) is 101 Å². The molecule has 4 rings (SSSR count). The van der Waals surface area contributed by atoms with Crippen molar-refractivity contribution < 1.29 is 14.3 Å². The quantitative estimate of drug-likeness (QED) is 0.286. The first-order valence-electron chi connectivity index (χ1n) is 9.71. The first-order chi connectivity index (χ1) is 15.5. The summed E-state index contributed by atoms with van der Waals surface area (Å²) >= 11 is 12.3. The van der Waals surface area contributed by atoms with Gasteiger partial charge in [0.1, 0.15) is 11.5 Å². The first kappa shape index (κ1) is 21.8. The van der Waals surface area contributed by atoms with E-state index in [2.05, 4.69) is 10.5 Å². The Morgan fingerprint density at radius 2 is 1.50 bits per heavy atom. The average Bonchev–Trinajstić information content (AvgIpc) is 3.30. The van der Waals surface area contributed by atoms with Gasteiger partial charge in [0.05, 0.1) is 16.3 Å².